The first-order valence-corrected chi connectivity index (χ1v) is 14.2. The molecule has 0 spiro atoms. The summed E-state index contributed by atoms with van der Waals surface area (Å²) in [4.78, 5) is 31.2. The maximum atomic E-state index is 13.7. The molecule has 1 saturated carbocycles. The molecule has 2 aliphatic carbocycles. The number of pyridine rings is 1. The van der Waals surface area contributed by atoms with Crippen LogP contribution in [0.1, 0.15) is 69.5 Å². The summed E-state index contributed by atoms with van der Waals surface area (Å²) in [7, 11) is 0. The number of Topliss-reactive ketones (excluding diaryl/α,β-unsaturated/α-hetero) is 1. The lowest BCUT2D eigenvalue weighted by molar-refractivity contribution is -0.120. The molecule has 0 radical (unpaired) electrons. The summed E-state index contributed by atoms with van der Waals surface area (Å²) in [6.07, 6.45) is 10.0. The Kier molecular flexibility index (Phi) is 6.85. The number of carbonyl (C=O) groups excluding carboxylic acids is 2. The first-order valence-electron chi connectivity index (χ1n) is 14.2. The van der Waals surface area contributed by atoms with Gasteiger partial charge in [0, 0.05) is 41.8 Å². The Balaban J connectivity index is 1.32. The standard InChI is InChI=1S/C32H35FN6O2/c1-31(2)14-24-27(25(40)15-31)23(10-9-22-8-7-20(17-35-22)19-5-3-6-21(33)13-19)28-29(36-24)38-39-30(28)37-26(41)16-32(18-34)11-4-12-32/h3,5-10,13,17,23H,4,11-12,14-16,18,34H2,1-2H3,(H3,36,37,38,39,41)/b10-9+. The number of nitrogens with one attached hydrogen (secondary N) is 3. The number of aromatic nitrogens is 3. The lowest BCUT2D eigenvalue weighted by Crippen LogP contribution is -2.40. The van der Waals surface area contributed by atoms with Crippen LogP contribution in [0, 0.1) is 16.6 Å². The molecule has 8 nitrogen and oxygen atoms in total. The number of nitrogens with two attached hydrogens (primary N) is 1. The highest BCUT2D eigenvalue weighted by Gasteiger charge is 2.42. The summed E-state index contributed by atoms with van der Waals surface area (Å²) in [5, 5.41) is 13.9. The van der Waals surface area contributed by atoms with Gasteiger partial charge in [-0.2, -0.15) is 5.10 Å². The third kappa shape index (κ3) is 5.34. The smallest absolute Gasteiger partial charge is 0.226 e. The number of amides is 1. The van der Waals surface area contributed by atoms with Gasteiger partial charge in [0.2, 0.25) is 5.91 Å². The van der Waals surface area contributed by atoms with E-state index < -0.39 is 5.92 Å². The van der Waals surface area contributed by atoms with Crippen LogP contribution in [0.3, 0.4) is 0 Å². The largest absolute Gasteiger partial charge is 0.343 e. The molecular weight excluding hydrogens is 519 g/mol. The summed E-state index contributed by atoms with van der Waals surface area (Å²) < 4.78 is 13.7. The minimum atomic E-state index is -0.421. The summed E-state index contributed by atoms with van der Waals surface area (Å²) in [5.74, 6) is 0.316. The van der Waals surface area contributed by atoms with Gasteiger partial charge in [-0.15, -0.1) is 0 Å². The van der Waals surface area contributed by atoms with Crippen LogP contribution in [0.2, 0.25) is 0 Å². The van der Waals surface area contributed by atoms with Gasteiger partial charge in [0.15, 0.2) is 11.6 Å². The second-order valence-corrected chi connectivity index (χ2v) is 12.4. The number of allylic oxidation sites excluding steroid dienone is 3. The Morgan fingerprint density at radius 1 is 1.20 bits per heavy atom. The molecule has 9 heteroatoms. The fourth-order valence-electron chi connectivity index (χ4n) is 6.32. The minimum absolute atomic E-state index is 0.0773. The highest BCUT2D eigenvalue weighted by molar-refractivity contribution is 6.02. The van der Waals surface area contributed by atoms with Crippen LogP contribution in [0.25, 0.3) is 17.2 Å². The molecule has 0 bridgehead atoms. The van der Waals surface area contributed by atoms with Crippen molar-refractivity contribution in [3.8, 4) is 11.1 Å². The van der Waals surface area contributed by atoms with E-state index in [4.69, 9.17) is 5.73 Å². The number of halogens is 1. The highest BCUT2D eigenvalue weighted by Crippen LogP contribution is 2.49. The van der Waals surface area contributed by atoms with Gasteiger partial charge in [0.25, 0.3) is 0 Å². The van der Waals surface area contributed by atoms with E-state index in [1.54, 1.807) is 12.3 Å². The zero-order chi connectivity index (χ0) is 28.8. The van der Waals surface area contributed by atoms with Gasteiger partial charge in [-0.1, -0.05) is 44.5 Å². The third-order valence-corrected chi connectivity index (χ3v) is 8.67. The second-order valence-electron chi connectivity index (χ2n) is 12.4. The molecule has 0 saturated heterocycles. The van der Waals surface area contributed by atoms with Gasteiger partial charge >= 0.3 is 0 Å². The number of carbonyl (C=O) groups is 2. The Morgan fingerprint density at radius 2 is 2.02 bits per heavy atom. The normalized spacial score (nSPS) is 20.7. The van der Waals surface area contributed by atoms with E-state index in [0.29, 0.717) is 42.3 Å². The molecule has 1 aliphatic heterocycles. The third-order valence-electron chi connectivity index (χ3n) is 8.67. The molecule has 3 aliphatic rings. The van der Waals surface area contributed by atoms with E-state index in [1.165, 1.54) is 12.1 Å². The number of anilines is 2. The van der Waals surface area contributed by atoms with Gasteiger partial charge < -0.3 is 16.4 Å². The first kappa shape index (κ1) is 27.1. The number of rotatable bonds is 7. The summed E-state index contributed by atoms with van der Waals surface area (Å²) in [6, 6.07) is 10.2. The maximum absolute atomic E-state index is 13.7. The van der Waals surface area contributed by atoms with Crippen molar-refractivity contribution in [1.29, 1.82) is 0 Å². The monoisotopic (exact) mass is 554 g/mol. The molecule has 2 aromatic heterocycles. The number of ketones is 1. The van der Waals surface area contributed by atoms with Crippen molar-refractivity contribution in [3.05, 3.63) is 77.0 Å². The van der Waals surface area contributed by atoms with Crippen LogP contribution in [-0.2, 0) is 9.59 Å². The molecule has 1 unspecified atom stereocenters. The Morgan fingerprint density at radius 3 is 2.71 bits per heavy atom. The van der Waals surface area contributed by atoms with Crippen molar-refractivity contribution in [2.75, 3.05) is 17.2 Å². The average Bonchev–Trinajstić information content (AvgIpc) is 3.30. The zero-order valence-electron chi connectivity index (χ0n) is 23.4. The number of aromatic amines is 1. The van der Waals surface area contributed by atoms with E-state index >= 15 is 0 Å². The lowest BCUT2D eigenvalue weighted by Gasteiger charge is -2.40. The number of nitrogens with zero attached hydrogens (tertiary/aromatic N) is 2. The molecule has 1 atom stereocenters. The predicted octanol–water partition coefficient (Wildman–Crippen LogP) is 5.93. The number of H-pyrrole nitrogens is 1. The van der Waals surface area contributed by atoms with Gasteiger partial charge in [-0.3, -0.25) is 19.7 Å². The van der Waals surface area contributed by atoms with Crippen LogP contribution < -0.4 is 16.4 Å². The van der Waals surface area contributed by atoms with Crippen LogP contribution in [-0.4, -0.2) is 33.4 Å². The lowest BCUT2D eigenvalue weighted by atomic mass is 9.66. The second kappa shape index (κ2) is 10.4. The van der Waals surface area contributed by atoms with Crippen LogP contribution >= 0.6 is 0 Å². The van der Waals surface area contributed by atoms with E-state index in [2.05, 4.69) is 39.7 Å². The number of hydrogen-bond acceptors (Lipinski definition) is 6. The van der Waals surface area contributed by atoms with Gasteiger partial charge in [0.05, 0.1) is 11.3 Å². The van der Waals surface area contributed by atoms with Crippen LogP contribution in [0.5, 0.6) is 0 Å². The number of fused-ring (bicyclic) bond motifs is 1. The van der Waals surface area contributed by atoms with Crippen molar-refractivity contribution < 1.29 is 14.0 Å². The Labute approximate surface area is 238 Å². The van der Waals surface area contributed by atoms with Gasteiger partial charge in [-0.05, 0) is 66.5 Å². The number of hydrogen-bond donors (Lipinski definition) is 4. The van der Waals surface area contributed by atoms with E-state index in [1.807, 2.05) is 30.4 Å². The molecule has 3 aromatic rings. The van der Waals surface area contributed by atoms with Gasteiger partial charge in [-0.25, -0.2) is 4.39 Å². The van der Waals surface area contributed by atoms with E-state index in [0.717, 1.165) is 48.1 Å². The summed E-state index contributed by atoms with van der Waals surface area (Å²) in [6.45, 7) is 4.66. The van der Waals surface area contributed by atoms with Crippen LogP contribution in [0.15, 0.2) is 59.9 Å². The van der Waals surface area contributed by atoms with Crippen molar-refractivity contribution in [2.24, 2.45) is 16.6 Å². The molecule has 41 heavy (non-hydrogen) atoms. The fourth-order valence-corrected chi connectivity index (χ4v) is 6.32. The van der Waals surface area contributed by atoms with E-state index in [-0.39, 0.29) is 28.3 Å². The fraction of sp³-hybridized carbons (Fsp3) is 0.375. The SMILES string of the molecule is CC1(C)CC(=O)C2=C(C1)Nc1[nH]nc(NC(=O)CC3(CN)CCC3)c1C2/C=C/c1ccc(-c2cccc(F)c2)cn1. The maximum Gasteiger partial charge on any atom is 0.226 e. The Bertz CT molecular complexity index is 1560. The quantitative estimate of drug-likeness (QED) is 0.287. The minimum Gasteiger partial charge on any atom is -0.343 e. The highest BCUT2D eigenvalue weighted by atomic mass is 19.1. The summed E-state index contributed by atoms with van der Waals surface area (Å²) >= 11 is 0. The van der Waals surface area contributed by atoms with Crippen molar-refractivity contribution in [1.82, 2.24) is 15.2 Å². The van der Waals surface area contributed by atoms with Crippen molar-refractivity contribution >= 4 is 29.4 Å². The van der Waals surface area contributed by atoms with Gasteiger partial charge in [0.1, 0.15) is 11.6 Å². The molecule has 212 valence electrons. The first-order chi connectivity index (χ1) is 19.7. The molecule has 3 heterocycles. The molecule has 5 N–H and O–H groups in total. The Hall–Kier alpha value is -4.11. The molecule has 1 amide bonds. The van der Waals surface area contributed by atoms with Crippen molar-refractivity contribution in [3.63, 3.8) is 0 Å². The average molecular weight is 555 g/mol. The predicted molar refractivity (Wildman–Crippen MR) is 157 cm³/mol. The molecule has 1 aromatic carbocycles. The molecular formula is C32H35FN6O2. The van der Waals surface area contributed by atoms with E-state index in [9.17, 15) is 14.0 Å². The molecule has 6 rings (SSSR count). The summed E-state index contributed by atoms with van der Waals surface area (Å²) in [5.41, 5.74) is 10.2. The topological polar surface area (TPSA) is 126 Å². The molecule has 1 fully saturated rings. The van der Waals surface area contributed by atoms with Crippen LogP contribution in [0.4, 0.5) is 16.0 Å². The van der Waals surface area contributed by atoms with Crippen molar-refractivity contribution in [2.45, 2.75) is 58.3 Å². The zero-order valence-corrected chi connectivity index (χ0v) is 23.4. The number of benzene rings is 1.